The fourth-order valence-corrected chi connectivity index (χ4v) is 1.12. The van der Waals surface area contributed by atoms with E-state index in [0.717, 1.165) is 0 Å². The van der Waals surface area contributed by atoms with Crippen LogP contribution in [0.2, 0.25) is 0 Å². The molecule has 11 heavy (non-hydrogen) atoms. The topological polar surface area (TPSA) is 17.1 Å². The molecule has 0 rings (SSSR count). The molecule has 1 nitrogen and oxygen atoms in total. The minimum atomic E-state index is 0.0631. The molecule has 0 spiro atoms. The van der Waals surface area contributed by atoms with Gasteiger partial charge in [-0.3, -0.25) is 0 Å². The van der Waals surface area contributed by atoms with Gasteiger partial charge in [-0.25, -0.2) is 0 Å². The zero-order valence-corrected chi connectivity index (χ0v) is 7.98. The molecule has 0 aliphatic carbocycles. The summed E-state index contributed by atoms with van der Waals surface area (Å²) >= 11 is 0. The molecule has 0 fully saturated rings. The quantitative estimate of drug-likeness (QED) is 0.569. The van der Waals surface area contributed by atoms with Crippen molar-refractivity contribution in [3.8, 4) is 0 Å². The van der Waals surface area contributed by atoms with Gasteiger partial charge in [0, 0.05) is 6.42 Å². The smallest absolute Gasteiger partial charge is 0.130 e. The highest BCUT2D eigenvalue weighted by atomic mass is 16.1. The van der Waals surface area contributed by atoms with Crippen molar-refractivity contribution in [1.82, 2.24) is 0 Å². The molecule has 0 aliphatic rings. The Morgan fingerprint density at radius 2 is 2.09 bits per heavy atom. The maximum Gasteiger partial charge on any atom is 0.130 e. The summed E-state index contributed by atoms with van der Waals surface area (Å²) in [6, 6.07) is 0. The van der Waals surface area contributed by atoms with Crippen molar-refractivity contribution in [3.63, 3.8) is 0 Å². The molecule has 0 heterocycles. The molecule has 0 amide bonds. The zero-order valence-electron chi connectivity index (χ0n) is 7.98. The Morgan fingerprint density at radius 1 is 1.64 bits per heavy atom. The first-order chi connectivity index (χ1) is 4.90. The second kappa shape index (κ2) is 3.70. The Labute approximate surface area is 69.5 Å². The van der Waals surface area contributed by atoms with Gasteiger partial charge >= 0.3 is 0 Å². The van der Waals surface area contributed by atoms with Crippen LogP contribution in [0, 0.1) is 11.3 Å². The lowest BCUT2D eigenvalue weighted by atomic mass is 9.76. The van der Waals surface area contributed by atoms with E-state index in [-0.39, 0.29) is 11.2 Å². The van der Waals surface area contributed by atoms with Crippen LogP contribution in [0.1, 0.15) is 34.1 Å². The summed E-state index contributed by atoms with van der Waals surface area (Å²) in [7, 11) is 0. The summed E-state index contributed by atoms with van der Waals surface area (Å²) in [4.78, 5) is 10.8. The second-order valence-corrected chi connectivity index (χ2v) is 3.89. The zero-order chi connectivity index (χ0) is 9.07. The summed E-state index contributed by atoms with van der Waals surface area (Å²) in [5.41, 5.74) is 0.0631. The predicted octanol–water partition coefficient (Wildman–Crippen LogP) is 2.81. The van der Waals surface area contributed by atoms with Gasteiger partial charge in [0.15, 0.2) is 0 Å². The van der Waals surface area contributed by atoms with Crippen LogP contribution in [0.25, 0.3) is 0 Å². The van der Waals surface area contributed by atoms with Crippen LogP contribution < -0.4 is 0 Å². The number of rotatable bonds is 4. The number of ketones is 1. The molecule has 0 aliphatic heterocycles. The fourth-order valence-electron chi connectivity index (χ4n) is 1.12. The highest BCUT2D eigenvalue weighted by Gasteiger charge is 2.24. The lowest BCUT2D eigenvalue weighted by molar-refractivity contribution is -0.119. The van der Waals surface area contributed by atoms with E-state index in [1.165, 1.54) is 0 Å². The van der Waals surface area contributed by atoms with E-state index in [1.54, 1.807) is 6.92 Å². The number of hydrogen-bond donors (Lipinski definition) is 0. The fraction of sp³-hybridized carbons (Fsp3) is 0.700. The van der Waals surface area contributed by atoms with Gasteiger partial charge in [-0.05, 0) is 18.3 Å². The number of carbonyl (C=O) groups excluding carboxylic acids is 1. The predicted molar refractivity (Wildman–Crippen MR) is 48.4 cm³/mol. The number of hydrogen-bond acceptors (Lipinski definition) is 1. The van der Waals surface area contributed by atoms with Crippen molar-refractivity contribution in [2.45, 2.75) is 34.1 Å². The Morgan fingerprint density at radius 3 is 2.36 bits per heavy atom. The lowest BCUT2D eigenvalue weighted by Gasteiger charge is -2.28. The highest BCUT2D eigenvalue weighted by molar-refractivity contribution is 5.76. The normalized spacial score (nSPS) is 14.2. The van der Waals surface area contributed by atoms with Gasteiger partial charge in [-0.1, -0.05) is 26.8 Å². The molecular weight excluding hydrogens is 136 g/mol. The average molecular weight is 154 g/mol. The van der Waals surface area contributed by atoms with E-state index in [1.807, 2.05) is 6.08 Å². The molecule has 1 unspecified atom stereocenters. The van der Waals surface area contributed by atoms with Crippen molar-refractivity contribution in [2.24, 2.45) is 11.3 Å². The standard InChI is InChI=1S/C10H18O/c1-6-8(2)10(4,5)7-9(3)11/h6,8H,1,7H2,2-5H3. The van der Waals surface area contributed by atoms with E-state index >= 15 is 0 Å². The van der Waals surface area contributed by atoms with E-state index in [0.29, 0.717) is 12.3 Å². The van der Waals surface area contributed by atoms with Crippen LogP contribution >= 0.6 is 0 Å². The van der Waals surface area contributed by atoms with Gasteiger partial charge in [0.05, 0.1) is 0 Å². The van der Waals surface area contributed by atoms with Gasteiger partial charge in [-0.15, -0.1) is 6.58 Å². The Hall–Kier alpha value is -0.590. The van der Waals surface area contributed by atoms with Gasteiger partial charge in [-0.2, -0.15) is 0 Å². The molecule has 0 aromatic rings. The number of allylic oxidation sites excluding steroid dienone is 1. The third-order valence-corrected chi connectivity index (χ3v) is 2.29. The first-order valence-electron chi connectivity index (χ1n) is 4.02. The van der Waals surface area contributed by atoms with Crippen molar-refractivity contribution in [1.29, 1.82) is 0 Å². The van der Waals surface area contributed by atoms with E-state index in [2.05, 4.69) is 27.4 Å². The van der Waals surface area contributed by atoms with Gasteiger partial charge in [0.2, 0.25) is 0 Å². The summed E-state index contributed by atoms with van der Waals surface area (Å²) in [6.45, 7) is 11.6. The van der Waals surface area contributed by atoms with E-state index in [9.17, 15) is 4.79 Å². The third kappa shape index (κ3) is 3.35. The Bertz CT molecular complexity index is 156. The van der Waals surface area contributed by atoms with Gasteiger partial charge < -0.3 is 4.79 Å². The molecule has 1 heteroatoms. The number of Topliss-reactive ketones (excluding diaryl/α,β-unsaturated/α-hetero) is 1. The molecule has 0 bridgehead atoms. The first-order valence-corrected chi connectivity index (χ1v) is 4.02. The Kier molecular flexibility index (Phi) is 3.50. The molecule has 1 atom stereocenters. The minimum Gasteiger partial charge on any atom is -0.300 e. The SMILES string of the molecule is C=CC(C)C(C)(C)CC(C)=O. The molecule has 0 aromatic carbocycles. The summed E-state index contributed by atoms with van der Waals surface area (Å²) in [5.74, 6) is 0.648. The van der Waals surface area contributed by atoms with Crippen LogP contribution in [0.3, 0.4) is 0 Å². The second-order valence-electron chi connectivity index (χ2n) is 3.89. The minimum absolute atomic E-state index is 0.0631. The van der Waals surface area contributed by atoms with Crippen LogP contribution in [-0.2, 0) is 4.79 Å². The van der Waals surface area contributed by atoms with Crippen LogP contribution in [0.15, 0.2) is 12.7 Å². The van der Waals surface area contributed by atoms with E-state index < -0.39 is 0 Å². The largest absolute Gasteiger partial charge is 0.300 e. The van der Waals surface area contributed by atoms with Crippen LogP contribution in [-0.4, -0.2) is 5.78 Å². The summed E-state index contributed by atoms with van der Waals surface area (Å²) in [5, 5.41) is 0. The van der Waals surface area contributed by atoms with E-state index in [4.69, 9.17) is 0 Å². The summed E-state index contributed by atoms with van der Waals surface area (Å²) < 4.78 is 0. The maximum absolute atomic E-state index is 10.8. The van der Waals surface area contributed by atoms with Crippen molar-refractivity contribution >= 4 is 5.78 Å². The third-order valence-electron chi connectivity index (χ3n) is 2.29. The molecule has 64 valence electrons. The van der Waals surface area contributed by atoms with Crippen LogP contribution in [0.5, 0.6) is 0 Å². The monoisotopic (exact) mass is 154 g/mol. The Balaban J connectivity index is 4.19. The number of carbonyl (C=O) groups is 1. The highest BCUT2D eigenvalue weighted by Crippen LogP contribution is 2.31. The van der Waals surface area contributed by atoms with Crippen molar-refractivity contribution in [2.75, 3.05) is 0 Å². The summed E-state index contributed by atoms with van der Waals surface area (Å²) in [6.07, 6.45) is 2.54. The van der Waals surface area contributed by atoms with Crippen LogP contribution in [0.4, 0.5) is 0 Å². The van der Waals surface area contributed by atoms with Gasteiger partial charge in [0.1, 0.15) is 5.78 Å². The maximum atomic E-state index is 10.8. The first kappa shape index (κ1) is 10.4. The molecule has 0 saturated heterocycles. The molecule has 0 N–H and O–H groups in total. The average Bonchev–Trinajstić information content (AvgIpc) is 1.83. The van der Waals surface area contributed by atoms with Gasteiger partial charge in [0.25, 0.3) is 0 Å². The molecular formula is C10H18O. The van der Waals surface area contributed by atoms with Crippen molar-refractivity contribution < 1.29 is 4.79 Å². The molecule has 0 radical (unpaired) electrons. The van der Waals surface area contributed by atoms with Crippen molar-refractivity contribution in [3.05, 3.63) is 12.7 Å². The lowest BCUT2D eigenvalue weighted by Crippen LogP contribution is -2.22. The molecule has 0 saturated carbocycles. The molecule has 0 aromatic heterocycles.